The standard InChI is InChI=1S/C9H13N3O.ClH/c13-8(7-3-1-2-4-7)12-9-10-5-6-11-9;/h5-7H,1-4H2,(H2,10,11,12,13);1H. The van der Waals surface area contributed by atoms with E-state index in [1.54, 1.807) is 12.4 Å². The lowest BCUT2D eigenvalue weighted by Crippen LogP contribution is -2.20. The number of halogens is 1. The summed E-state index contributed by atoms with van der Waals surface area (Å²) in [6.07, 6.45) is 7.72. The first kappa shape index (κ1) is 11.0. The van der Waals surface area contributed by atoms with E-state index in [9.17, 15) is 4.79 Å². The molecule has 1 aromatic rings. The van der Waals surface area contributed by atoms with Gasteiger partial charge >= 0.3 is 0 Å². The highest BCUT2D eigenvalue weighted by Gasteiger charge is 2.22. The van der Waals surface area contributed by atoms with Gasteiger partial charge in [0.05, 0.1) is 0 Å². The normalized spacial score (nSPS) is 16.3. The fourth-order valence-electron chi connectivity index (χ4n) is 1.74. The second-order valence-corrected chi connectivity index (χ2v) is 3.41. The molecule has 0 bridgehead atoms. The molecule has 1 aromatic heterocycles. The maximum Gasteiger partial charge on any atom is 0.229 e. The molecule has 2 N–H and O–H groups in total. The molecule has 14 heavy (non-hydrogen) atoms. The van der Waals surface area contributed by atoms with E-state index in [2.05, 4.69) is 15.3 Å². The Bertz CT molecular complexity index is 280. The smallest absolute Gasteiger partial charge is 0.229 e. The topological polar surface area (TPSA) is 57.8 Å². The number of hydrogen-bond acceptors (Lipinski definition) is 2. The molecule has 0 unspecified atom stereocenters. The van der Waals surface area contributed by atoms with Gasteiger partial charge in [0.2, 0.25) is 11.9 Å². The van der Waals surface area contributed by atoms with Crippen molar-refractivity contribution in [3.8, 4) is 0 Å². The van der Waals surface area contributed by atoms with Gasteiger partial charge in [-0.15, -0.1) is 12.4 Å². The van der Waals surface area contributed by atoms with Crippen LogP contribution in [0, 0.1) is 5.92 Å². The van der Waals surface area contributed by atoms with Crippen molar-refractivity contribution in [2.45, 2.75) is 25.7 Å². The van der Waals surface area contributed by atoms with Crippen molar-refractivity contribution in [2.24, 2.45) is 5.92 Å². The van der Waals surface area contributed by atoms with Crippen LogP contribution in [0.25, 0.3) is 0 Å². The molecule has 5 heteroatoms. The number of anilines is 1. The molecule has 1 aliphatic rings. The van der Waals surface area contributed by atoms with E-state index >= 15 is 0 Å². The van der Waals surface area contributed by atoms with Crippen LogP contribution in [0.3, 0.4) is 0 Å². The van der Waals surface area contributed by atoms with Crippen molar-refractivity contribution < 1.29 is 4.79 Å². The van der Waals surface area contributed by atoms with E-state index in [0.717, 1.165) is 12.8 Å². The minimum atomic E-state index is 0. The van der Waals surface area contributed by atoms with Crippen molar-refractivity contribution in [2.75, 3.05) is 5.32 Å². The number of nitrogens with one attached hydrogen (secondary N) is 2. The zero-order valence-electron chi connectivity index (χ0n) is 7.82. The summed E-state index contributed by atoms with van der Waals surface area (Å²) in [7, 11) is 0. The SMILES string of the molecule is Cl.O=C(Nc1ncc[nH]1)C1CCCC1. The van der Waals surface area contributed by atoms with Crippen LogP contribution < -0.4 is 5.32 Å². The number of H-pyrrole nitrogens is 1. The Hall–Kier alpha value is -1.03. The third-order valence-corrected chi connectivity index (χ3v) is 2.47. The van der Waals surface area contributed by atoms with Gasteiger partial charge < -0.3 is 4.98 Å². The fraction of sp³-hybridized carbons (Fsp3) is 0.556. The van der Waals surface area contributed by atoms with E-state index in [1.807, 2.05) is 0 Å². The summed E-state index contributed by atoms with van der Waals surface area (Å²) >= 11 is 0. The lowest BCUT2D eigenvalue weighted by molar-refractivity contribution is -0.119. The van der Waals surface area contributed by atoms with Crippen LogP contribution >= 0.6 is 12.4 Å². The van der Waals surface area contributed by atoms with Gasteiger partial charge in [0.15, 0.2) is 0 Å². The molecule has 0 saturated heterocycles. The van der Waals surface area contributed by atoms with Crippen LogP contribution in [0.2, 0.25) is 0 Å². The van der Waals surface area contributed by atoms with Gasteiger partial charge in [-0.1, -0.05) is 12.8 Å². The molecule has 4 nitrogen and oxygen atoms in total. The average molecular weight is 216 g/mol. The Morgan fingerprint density at radius 2 is 2.21 bits per heavy atom. The molecule has 1 fully saturated rings. The highest BCUT2D eigenvalue weighted by molar-refractivity contribution is 5.91. The summed E-state index contributed by atoms with van der Waals surface area (Å²) in [5.41, 5.74) is 0. The number of aromatic amines is 1. The molecule has 0 atom stereocenters. The van der Waals surface area contributed by atoms with Crippen LogP contribution in [0.5, 0.6) is 0 Å². The minimum absolute atomic E-state index is 0. The van der Waals surface area contributed by atoms with Crippen LogP contribution in [0.4, 0.5) is 5.95 Å². The molecular formula is C9H14ClN3O. The van der Waals surface area contributed by atoms with Gasteiger partial charge in [0, 0.05) is 18.3 Å². The van der Waals surface area contributed by atoms with Crippen molar-refractivity contribution >= 4 is 24.3 Å². The second kappa shape index (κ2) is 5.00. The Kier molecular flexibility index (Phi) is 3.95. The monoisotopic (exact) mass is 215 g/mol. The third-order valence-electron chi connectivity index (χ3n) is 2.47. The number of amides is 1. The van der Waals surface area contributed by atoms with Crippen LogP contribution in [0.1, 0.15) is 25.7 Å². The number of imidazole rings is 1. The Balaban J connectivity index is 0.000000980. The summed E-state index contributed by atoms with van der Waals surface area (Å²) in [6.45, 7) is 0. The highest BCUT2D eigenvalue weighted by Crippen LogP contribution is 2.25. The largest absolute Gasteiger partial charge is 0.331 e. The van der Waals surface area contributed by atoms with Crippen LogP contribution in [-0.2, 0) is 4.79 Å². The molecule has 0 aromatic carbocycles. The second-order valence-electron chi connectivity index (χ2n) is 3.41. The predicted octanol–water partition coefficient (Wildman–Crippen LogP) is 1.96. The summed E-state index contributed by atoms with van der Waals surface area (Å²) in [4.78, 5) is 18.3. The van der Waals surface area contributed by atoms with E-state index in [0.29, 0.717) is 5.95 Å². The van der Waals surface area contributed by atoms with Gasteiger partial charge in [-0.3, -0.25) is 10.1 Å². The average Bonchev–Trinajstić information content (AvgIpc) is 2.74. The number of hydrogen-bond donors (Lipinski definition) is 2. The Labute approximate surface area is 88.9 Å². The molecule has 0 radical (unpaired) electrons. The number of carbonyl (C=O) groups excluding carboxylic acids is 1. The zero-order chi connectivity index (χ0) is 9.10. The van der Waals surface area contributed by atoms with Crippen LogP contribution in [-0.4, -0.2) is 15.9 Å². The van der Waals surface area contributed by atoms with Crippen molar-refractivity contribution in [1.29, 1.82) is 0 Å². The van der Waals surface area contributed by atoms with E-state index in [1.165, 1.54) is 12.8 Å². The van der Waals surface area contributed by atoms with Gasteiger partial charge in [-0.25, -0.2) is 4.98 Å². The molecule has 2 rings (SSSR count). The molecule has 0 spiro atoms. The first-order chi connectivity index (χ1) is 6.36. The van der Waals surface area contributed by atoms with Gasteiger partial charge in [-0.05, 0) is 12.8 Å². The Morgan fingerprint density at radius 3 is 2.79 bits per heavy atom. The summed E-state index contributed by atoms with van der Waals surface area (Å²) in [6, 6.07) is 0. The predicted molar refractivity (Wildman–Crippen MR) is 56.4 cm³/mol. The number of carbonyl (C=O) groups is 1. The summed E-state index contributed by atoms with van der Waals surface area (Å²) in [5.74, 6) is 0.856. The number of rotatable bonds is 2. The summed E-state index contributed by atoms with van der Waals surface area (Å²) in [5, 5.41) is 2.76. The third kappa shape index (κ3) is 2.48. The van der Waals surface area contributed by atoms with Gasteiger partial charge in [-0.2, -0.15) is 0 Å². The zero-order valence-corrected chi connectivity index (χ0v) is 8.64. The molecule has 1 amide bonds. The lowest BCUT2D eigenvalue weighted by atomic mass is 10.1. The fourth-order valence-corrected chi connectivity index (χ4v) is 1.74. The van der Waals surface area contributed by atoms with E-state index < -0.39 is 0 Å². The highest BCUT2D eigenvalue weighted by atomic mass is 35.5. The molecule has 78 valence electrons. The van der Waals surface area contributed by atoms with Crippen molar-refractivity contribution in [1.82, 2.24) is 9.97 Å². The first-order valence-electron chi connectivity index (χ1n) is 4.66. The number of nitrogens with zero attached hydrogens (tertiary/aromatic N) is 1. The Morgan fingerprint density at radius 1 is 1.50 bits per heavy atom. The first-order valence-corrected chi connectivity index (χ1v) is 4.66. The summed E-state index contributed by atoms with van der Waals surface area (Å²) < 4.78 is 0. The number of aromatic nitrogens is 2. The lowest BCUT2D eigenvalue weighted by Gasteiger charge is -2.07. The van der Waals surface area contributed by atoms with Crippen LogP contribution in [0.15, 0.2) is 12.4 Å². The molecule has 0 aliphatic heterocycles. The quantitative estimate of drug-likeness (QED) is 0.793. The van der Waals surface area contributed by atoms with Gasteiger partial charge in [0.1, 0.15) is 0 Å². The molecular weight excluding hydrogens is 202 g/mol. The minimum Gasteiger partial charge on any atom is -0.331 e. The van der Waals surface area contributed by atoms with Gasteiger partial charge in [0.25, 0.3) is 0 Å². The molecule has 1 saturated carbocycles. The maximum atomic E-state index is 11.5. The molecule has 1 heterocycles. The van der Waals surface area contributed by atoms with Crippen molar-refractivity contribution in [3.63, 3.8) is 0 Å². The van der Waals surface area contributed by atoms with Crippen molar-refractivity contribution in [3.05, 3.63) is 12.4 Å². The maximum absolute atomic E-state index is 11.5. The van der Waals surface area contributed by atoms with E-state index in [-0.39, 0.29) is 24.2 Å². The molecule has 1 aliphatic carbocycles. The van der Waals surface area contributed by atoms with E-state index in [4.69, 9.17) is 0 Å².